The maximum atomic E-state index is 13.4. The fraction of sp³-hybridized carbons (Fsp3) is 0.294. The van der Waals surface area contributed by atoms with Crippen LogP contribution in [0.2, 0.25) is 0 Å². The first-order chi connectivity index (χ1) is 9.97. The van der Waals surface area contributed by atoms with Crippen molar-refractivity contribution in [2.75, 3.05) is 0 Å². The molecular formula is C17H19BrFNO. The van der Waals surface area contributed by atoms with Crippen LogP contribution in [0.15, 0.2) is 40.9 Å². The van der Waals surface area contributed by atoms with Crippen molar-refractivity contribution in [2.45, 2.75) is 32.7 Å². The molecule has 2 nitrogen and oxygen atoms in total. The van der Waals surface area contributed by atoms with Crippen LogP contribution in [0.3, 0.4) is 0 Å². The zero-order chi connectivity index (χ0) is 15.4. The first-order valence-electron chi connectivity index (χ1n) is 6.97. The quantitative estimate of drug-likeness (QED) is 0.825. The van der Waals surface area contributed by atoms with Crippen LogP contribution < -0.4 is 10.5 Å². The van der Waals surface area contributed by atoms with Crippen LogP contribution >= 0.6 is 15.9 Å². The van der Waals surface area contributed by atoms with Gasteiger partial charge >= 0.3 is 0 Å². The third-order valence-corrected chi connectivity index (χ3v) is 3.80. The lowest BCUT2D eigenvalue weighted by Gasteiger charge is -2.13. The Bertz CT molecular complexity index is 610. The molecule has 0 aromatic heterocycles. The van der Waals surface area contributed by atoms with Crippen molar-refractivity contribution < 1.29 is 9.13 Å². The molecule has 4 heteroatoms. The molecule has 0 spiro atoms. The summed E-state index contributed by atoms with van der Waals surface area (Å²) in [6, 6.07) is 10.7. The second-order valence-electron chi connectivity index (χ2n) is 5.18. The first-order valence-corrected chi connectivity index (χ1v) is 7.76. The van der Waals surface area contributed by atoms with Crippen LogP contribution in [0.1, 0.15) is 24.5 Å². The molecule has 0 fully saturated rings. The van der Waals surface area contributed by atoms with Gasteiger partial charge in [0.05, 0.1) is 0 Å². The van der Waals surface area contributed by atoms with Crippen molar-refractivity contribution in [3.63, 3.8) is 0 Å². The molecule has 0 aliphatic rings. The Morgan fingerprint density at radius 1 is 1.24 bits per heavy atom. The van der Waals surface area contributed by atoms with Crippen LogP contribution in [0.25, 0.3) is 0 Å². The normalized spacial score (nSPS) is 12.2. The first kappa shape index (κ1) is 16.0. The monoisotopic (exact) mass is 351 g/mol. The average molecular weight is 352 g/mol. The Morgan fingerprint density at radius 2 is 2.00 bits per heavy atom. The molecule has 0 aliphatic carbocycles. The third kappa shape index (κ3) is 4.55. The minimum Gasteiger partial charge on any atom is -0.457 e. The van der Waals surface area contributed by atoms with Gasteiger partial charge in [-0.05, 0) is 49.1 Å². The predicted octanol–water partition coefficient (Wildman–Crippen LogP) is 4.97. The molecule has 1 atom stereocenters. The van der Waals surface area contributed by atoms with Crippen LogP contribution in [-0.4, -0.2) is 6.04 Å². The second kappa shape index (κ2) is 7.05. The molecule has 21 heavy (non-hydrogen) atoms. The predicted molar refractivity (Wildman–Crippen MR) is 87.3 cm³/mol. The highest BCUT2D eigenvalue weighted by atomic mass is 79.9. The van der Waals surface area contributed by atoms with E-state index < -0.39 is 0 Å². The lowest BCUT2D eigenvalue weighted by molar-refractivity contribution is 0.471. The summed E-state index contributed by atoms with van der Waals surface area (Å²) >= 11 is 3.26. The molecule has 112 valence electrons. The molecule has 1 unspecified atom stereocenters. The van der Waals surface area contributed by atoms with Gasteiger partial charge in [-0.25, -0.2) is 4.39 Å². The SMILES string of the molecule is CCC(N)Cc1ccc(C)c(Oc2cc(F)cc(Br)c2)c1. The molecule has 0 heterocycles. The molecular weight excluding hydrogens is 333 g/mol. The van der Waals surface area contributed by atoms with Crippen LogP contribution in [-0.2, 0) is 6.42 Å². The molecule has 2 rings (SSSR count). The Morgan fingerprint density at radius 3 is 2.67 bits per heavy atom. The number of hydrogen-bond acceptors (Lipinski definition) is 2. The number of hydrogen-bond donors (Lipinski definition) is 1. The topological polar surface area (TPSA) is 35.2 Å². The van der Waals surface area contributed by atoms with Gasteiger partial charge in [0, 0.05) is 16.6 Å². The zero-order valence-corrected chi connectivity index (χ0v) is 13.8. The van der Waals surface area contributed by atoms with Crippen molar-refractivity contribution in [3.05, 3.63) is 57.8 Å². The molecule has 2 aromatic rings. The molecule has 0 radical (unpaired) electrons. The average Bonchev–Trinajstić information content (AvgIpc) is 2.41. The minimum atomic E-state index is -0.332. The number of aryl methyl sites for hydroxylation is 1. The maximum Gasteiger partial charge on any atom is 0.131 e. The van der Waals surface area contributed by atoms with Gasteiger partial charge < -0.3 is 10.5 Å². The number of benzene rings is 2. The fourth-order valence-corrected chi connectivity index (χ4v) is 2.49. The van der Waals surface area contributed by atoms with Gasteiger partial charge in [0.15, 0.2) is 0 Å². The van der Waals surface area contributed by atoms with Crippen LogP contribution in [0.4, 0.5) is 4.39 Å². The van der Waals surface area contributed by atoms with Gasteiger partial charge in [-0.1, -0.05) is 35.0 Å². The van der Waals surface area contributed by atoms with Gasteiger partial charge in [-0.3, -0.25) is 0 Å². The van der Waals surface area contributed by atoms with E-state index in [-0.39, 0.29) is 11.9 Å². The van der Waals surface area contributed by atoms with Gasteiger partial charge in [0.25, 0.3) is 0 Å². The standard InChI is InChI=1S/C17H19BrFNO/c1-3-15(20)6-12-5-4-11(2)17(7-12)21-16-9-13(18)8-14(19)10-16/h4-5,7-10,15H,3,6,20H2,1-2H3. The van der Waals surface area contributed by atoms with E-state index in [1.165, 1.54) is 12.1 Å². The van der Waals surface area contributed by atoms with Crippen LogP contribution in [0, 0.1) is 12.7 Å². The highest BCUT2D eigenvalue weighted by Gasteiger charge is 2.08. The summed E-state index contributed by atoms with van der Waals surface area (Å²) in [5.41, 5.74) is 8.12. The maximum absolute atomic E-state index is 13.4. The Labute approximate surface area is 133 Å². The van der Waals surface area contributed by atoms with E-state index in [1.54, 1.807) is 6.07 Å². The van der Waals surface area contributed by atoms with E-state index >= 15 is 0 Å². The number of rotatable bonds is 5. The largest absolute Gasteiger partial charge is 0.457 e. The molecule has 0 bridgehead atoms. The summed E-state index contributed by atoms with van der Waals surface area (Å²) in [7, 11) is 0. The molecule has 0 amide bonds. The highest BCUT2D eigenvalue weighted by Crippen LogP contribution is 2.29. The Hall–Kier alpha value is -1.39. The second-order valence-corrected chi connectivity index (χ2v) is 6.10. The zero-order valence-electron chi connectivity index (χ0n) is 12.2. The van der Waals surface area contributed by atoms with Crippen molar-refractivity contribution >= 4 is 15.9 Å². The summed E-state index contributed by atoms with van der Waals surface area (Å²) < 4.78 is 19.9. The highest BCUT2D eigenvalue weighted by molar-refractivity contribution is 9.10. The van der Waals surface area contributed by atoms with Crippen LogP contribution in [0.5, 0.6) is 11.5 Å². The third-order valence-electron chi connectivity index (χ3n) is 3.34. The number of ether oxygens (including phenoxy) is 1. The van der Waals surface area contributed by atoms with E-state index in [0.29, 0.717) is 10.2 Å². The number of nitrogens with two attached hydrogens (primary N) is 1. The minimum absolute atomic E-state index is 0.142. The summed E-state index contributed by atoms with van der Waals surface area (Å²) in [5.74, 6) is 0.872. The summed E-state index contributed by atoms with van der Waals surface area (Å²) in [6.07, 6.45) is 1.74. The van der Waals surface area contributed by atoms with Crippen molar-refractivity contribution in [3.8, 4) is 11.5 Å². The molecule has 0 saturated carbocycles. The Kier molecular flexibility index (Phi) is 5.37. The van der Waals surface area contributed by atoms with Gasteiger partial charge in [0.1, 0.15) is 17.3 Å². The van der Waals surface area contributed by atoms with E-state index in [1.807, 2.05) is 19.1 Å². The molecule has 0 saturated heterocycles. The van der Waals surface area contributed by atoms with Gasteiger partial charge in [-0.15, -0.1) is 0 Å². The van der Waals surface area contributed by atoms with Crippen molar-refractivity contribution in [1.82, 2.24) is 0 Å². The van der Waals surface area contributed by atoms with E-state index in [2.05, 4.69) is 28.9 Å². The molecule has 2 aromatic carbocycles. The Balaban J connectivity index is 2.24. The van der Waals surface area contributed by atoms with Gasteiger partial charge in [-0.2, -0.15) is 0 Å². The lowest BCUT2D eigenvalue weighted by atomic mass is 10.0. The smallest absolute Gasteiger partial charge is 0.131 e. The van der Waals surface area contributed by atoms with E-state index in [0.717, 1.165) is 29.7 Å². The van der Waals surface area contributed by atoms with E-state index in [4.69, 9.17) is 10.5 Å². The van der Waals surface area contributed by atoms with Gasteiger partial charge in [0.2, 0.25) is 0 Å². The lowest BCUT2D eigenvalue weighted by Crippen LogP contribution is -2.21. The summed E-state index contributed by atoms with van der Waals surface area (Å²) in [4.78, 5) is 0. The van der Waals surface area contributed by atoms with Crippen molar-refractivity contribution in [2.24, 2.45) is 5.73 Å². The summed E-state index contributed by atoms with van der Waals surface area (Å²) in [5, 5.41) is 0. The number of halogens is 2. The van der Waals surface area contributed by atoms with E-state index in [9.17, 15) is 4.39 Å². The summed E-state index contributed by atoms with van der Waals surface area (Å²) in [6.45, 7) is 4.04. The van der Waals surface area contributed by atoms with Crippen molar-refractivity contribution in [1.29, 1.82) is 0 Å². The fourth-order valence-electron chi connectivity index (χ4n) is 2.04. The molecule has 2 N–H and O–H groups in total. The molecule has 0 aliphatic heterocycles.